The van der Waals surface area contributed by atoms with Crippen molar-refractivity contribution in [2.24, 2.45) is 0 Å². The van der Waals surface area contributed by atoms with E-state index in [2.05, 4.69) is 10.6 Å². The zero-order valence-electron chi connectivity index (χ0n) is 5.80. The van der Waals surface area contributed by atoms with E-state index in [-0.39, 0.29) is 24.8 Å². The molecular weight excluding hydrogens is 171 g/mol. The Labute approximate surface area is 74.0 Å². The SMILES string of the molecule is C1CN[C@@H]2CC[C@@H]2N1.Cl.Cl. The molecule has 2 fully saturated rings. The molecule has 0 bridgehead atoms. The van der Waals surface area contributed by atoms with Gasteiger partial charge >= 0.3 is 0 Å². The van der Waals surface area contributed by atoms with Gasteiger partial charge in [0.1, 0.15) is 0 Å². The Morgan fingerprint density at radius 1 is 0.800 bits per heavy atom. The second-order valence-corrected chi connectivity index (χ2v) is 2.70. The van der Waals surface area contributed by atoms with Crippen LogP contribution in [-0.2, 0) is 0 Å². The summed E-state index contributed by atoms with van der Waals surface area (Å²) in [5.74, 6) is 0. The van der Waals surface area contributed by atoms with Crippen LogP contribution in [0.15, 0.2) is 0 Å². The molecule has 2 rings (SSSR count). The van der Waals surface area contributed by atoms with Crippen molar-refractivity contribution in [2.45, 2.75) is 24.9 Å². The lowest BCUT2D eigenvalue weighted by Crippen LogP contribution is -2.61. The molecule has 10 heavy (non-hydrogen) atoms. The van der Waals surface area contributed by atoms with Crippen molar-refractivity contribution < 1.29 is 0 Å². The predicted molar refractivity (Wildman–Crippen MR) is 47.3 cm³/mol. The summed E-state index contributed by atoms with van der Waals surface area (Å²) in [5.41, 5.74) is 0. The van der Waals surface area contributed by atoms with Crippen molar-refractivity contribution in [3.05, 3.63) is 0 Å². The number of hydrogen-bond donors (Lipinski definition) is 2. The zero-order valence-corrected chi connectivity index (χ0v) is 7.43. The molecule has 0 aromatic heterocycles. The van der Waals surface area contributed by atoms with E-state index in [0.29, 0.717) is 0 Å². The third-order valence-electron chi connectivity index (χ3n) is 2.21. The van der Waals surface area contributed by atoms with Crippen molar-refractivity contribution in [3.63, 3.8) is 0 Å². The summed E-state index contributed by atoms with van der Waals surface area (Å²) in [4.78, 5) is 0. The van der Waals surface area contributed by atoms with E-state index in [0.717, 1.165) is 12.1 Å². The van der Waals surface area contributed by atoms with Crippen molar-refractivity contribution in [1.29, 1.82) is 0 Å². The van der Waals surface area contributed by atoms with Gasteiger partial charge in [0.2, 0.25) is 0 Å². The fourth-order valence-corrected chi connectivity index (χ4v) is 1.50. The van der Waals surface area contributed by atoms with Gasteiger partial charge in [0.05, 0.1) is 0 Å². The van der Waals surface area contributed by atoms with Crippen LogP contribution in [0.3, 0.4) is 0 Å². The van der Waals surface area contributed by atoms with E-state index in [9.17, 15) is 0 Å². The zero-order chi connectivity index (χ0) is 5.40. The first-order valence-electron chi connectivity index (χ1n) is 3.43. The molecule has 4 heteroatoms. The summed E-state index contributed by atoms with van der Waals surface area (Å²) in [6, 6.07) is 1.65. The van der Waals surface area contributed by atoms with Crippen molar-refractivity contribution in [1.82, 2.24) is 10.6 Å². The van der Waals surface area contributed by atoms with Crippen LogP contribution in [0.5, 0.6) is 0 Å². The van der Waals surface area contributed by atoms with Crippen LogP contribution in [0.4, 0.5) is 0 Å². The Balaban J connectivity index is 0.000000405. The van der Waals surface area contributed by atoms with E-state index < -0.39 is 0 Å². The normalized spacial score (nSPS) is 36.0. The minimum absolute atomic E-state index is 0. The lowest BCUT2D eigenvalue weighted by molar-refractivity contribution is 0.206. The van der Waals surface area contributed by atoms with Gasteiger partial charge in [0.25, 0.3) is 0 Å². The fraction of sp³-hybridized carbons (Fsp3) is 1.00. The Kier molecular flexibility index (Phi) is 4.61. The van der Waals surface area contributed by atoms with Crippen molar-refractivity contribution >= 4 is 24.8 Å². The van der Waals surface area contributed by atoms with Gasteiger partial charge in [-0.15, -0.1) is 24.8 Å². The van der Waals surface area contributed by atoms with Gasteiger partial charge in [-0.1, -0.05) is 0 Å². The van der Waals surface area contributed by atoms with Crippen LogP contribution in [0.1, 0.15) is 12.8 Å². The number of rotatable bonds is 0. The van der Waals surface area contributed by atoms with Crippen LogP contribution >= 0.6 is 24.8 Å². The van der Waals surface area contributed by atoms with E-state index in [1.807, 2.05) is 0 Å². The van der Waals surface area contributed by atoms with Gasteiger partial charge in [-0.05, 0) is 12.8 Å². The largest absolute Gasteiger partial charge is 0.311 e. The first-order valence-corrected chi connectivity index (χ1v) is 3.43. The molecule has 0 amide bonds. The highest BCUT2D eigenvalue weighted by Gasteiger charge is 2.31. The first kappa shape index (κ1) is 10.5. The Morgan fingerprint density at radius 3 is 1.40 bits per heavy atom. The van der Waals surface area contributed by atoms with Gasteiger partial charge in [0, 0.05) is 25.2 Å². The smallest absolute Gasteiger partial charge is 0.0222 e. The highest BCUT2D eigenvalue weighted by atomic mass is 35.5. The molecule has 1 aliphatic carbocycles. The van der Waals surface area contributed by atoms with Crippen molar-refractivity contribution in [3.8, 4) is 0 Å². The van der Waals surface area contributed by atoms with Crippen LogP contribution in [0.25, 0.3) is 0 Å². The molecule has 0 unspecified atom stereocenters. The highest BCUT2D eigenvalue weighted by molar-refractivity contribution is 5.85. The topological polar surface area (TPSA) is 24.1 Å². The monoisotopic (exact) mass is 184 g/mol. The molecule has 1 saturated carbocycles. The molecule has 2 N–H and O–H groups in total. The van der Waals surface area contributed by atoms with Gasteiger partial charge in [-0.3, -0.25) is 0 Å². The summed E-state index contributed by atoms with van der Waals surface area (Å²) in [7, 11) is 0. The summed E-state index contributed by atoms with van der Waals surface area (Å²) < 4.78 is 0. The second kappa shape index (κ2) is 4.39. The maximum atomic E-state index is 3.46. The van der Waals surface area contributed by atoms with Gasteiger partial charge in [0.15, 0.2) is 0 Å². The fourth-order valence-electron chi connectivity index (χ4n) is 1.50. The standard InChI is InChI=1S/C6H12N2.2ClH/c1-2-6-5(1)7-3-4-8-6;;/h5-8H,1-4H2;2*1H/t5-,6+;;. The summed E-state index contributed by atoms with van der Waals surface area (Å²) in [6.45, 7) is 2.34. The Morgan fingerprint density at radius 2 is 1.20 bits per heavy atom. The highest BCUT2D eigenvalue weighted by Crippen LogP contribution is 2.20. The maximum absolute atomic E-state index is 3.46. The molecule has 1 aliphatic heterocycles. The van der Waals surface area contributed by atoms with E-state index in [1.54, 1.807) is 0 Å². The van der Waals surface area contributed by atoms with E-state index >= 15 is 0 Å². The average Bonchev–Trinajstić information content (AvgIpc) is 1.72. The average molecular weight is 185 g/mol. The summed E-state index contributed by atoms with van der Waals surface area (Å²) >= 11 is 0. The molecule has 2 atom stereocenters. The number of fused-ring (bicyclic) bond motifs is 1. The summed E-state index contributed by atoms with van der Waals surface area (Å²) in [5, 5.41) is 6.91. The third-order valence-corrected chi connectivity index (χ3v) is 2.21. The molecule has 0 aromatic carbocycles. The quantitative estimate of drug-likeness (QED) is 0.576. The number of piperazine rings is 1. The molecular formula is C6H14Cl2N2. The van der Waals surface area contributed by atoms with Gasteiger partial charge < -0.3 is 10.6 Å². The number of hydrogen-bond acceptors (Lipinski definition) is 2. The first-order chi connectivity index (χ1) is 3.97. The van der Waals surface area contributed by atoms with E-state index in [4.69, 9.17) is 0 Å². The van der Waals surface area contributed by atoms with Crippen LogP contribution < -0.4 is 10.6 Å². The van der Waals surface area contributed by atoms with E-state index in [1.165, 1.54) is 25.9 Å². The molecule has 0 aromatic rings. The minimum Gasteiger partial charge on any atom is -0.311 e. The van der Waals surface area contributed by atoms with Crippen molar-refractivity contribution in [2.75, 3.05) is 13.1 Å². The van der Waals surface area contributed by atoms with Crippen LogP contribution in [0.2, 0.25) is 0 Å². The van der Waals surface area contributed by atoms with Crippen LogP contribution in [-0.4, -0.2) is 25.2 Å². The van der Waals surface area contributed by atoms with Gasteiger partial charge in [-0.25, -0.2) is 0 Å². The molecule has 1 heterocycles. The van der Waals surface area contributed by atoms with Gasteiger partial charge in [-0.2, -0.15) is 0 Å². The predicted octanol–water partition coefficient (Wildman–Crippen LogP) is 0.554. The molecule has 62 valence electrons. The molecule has 0 spiro atoms. The second-order valence-electron chi connectivity index (χ2n) is 2.70. The molecule has 1 saturated heterocycles. The molecule has 2 nitrogen and oxygen atoms in total. The third kappa shape index (κ3) is 1.76. The molecule has 2 aliphatic rings. The van der Waals surface area contributed by atoms with Crippen LogP contribution in [0, 0.1) is 0 Å². The lowest BCUT2D eigenvalue weighted by atomic mass is 9.85. The number of nitrogens with one attached hydrogen (secondary N) is 2. The lowest BCUT2D eigenvalue weighted by Gasteiger charge is -2.41. The minimum atomic E-state index is 0. The molecule has 0 radical (unpaired) electrons. The number of halogens is 2. The Hall–Kier alpha value is 0.500. The Bertz CT molecular complexity index is 87.7. The summed E-state index contributed by atoms with van der Waals surface area (Å²) in [6.07, 6.45) is 2.77. The maximum Gasteiger partial charge on any atom is 0.0222 e.